The molecule has 0 heterocycles. The quantitative estimate of drug-likeness (QED) is 0.0222. The smallest absolute Gasteiger partial charge is 0.462 e. The molecule has 0 rings (SSSR count). The molecule has 19 heteroatoms. The molecule has 97 heavy (non-hydrogen) atoms. The Morgan fingerprint density at radius 1 is 0.278 bits per heavy atom. The van der Waals surface area contributed by atoms with Crippen LogP contribution in [0, 0.1) is 5.92 Å². The molecule has 0 aromatic heterocycles. The first-order valence-electron chi connectivity index (χ1n) is 40.6. The molecule has 0 radical (unpaired) electrons. The highest BCUT2D eigenvalue weighted by molar-refractivity contribution is 7.47. The minimum absolute atomic E-state index is 0.107. The van der Waals surface area contributed by atoms with E-state index in [1.54, 1.807) is 0 Å². The number of carbonyl (C=O) groups is 4. The van der Waals surface area contributed by atoms with Crippen molar-refractivity contribution in [1.82, 2.24) is 0 Å². The molecule has 0 spiro atoms. The van der Waals surface area contributed by atoms with Crippen molar-refractivity contribution < 1.29 is 80.2 Å². The van der Waals surface area contributed by atoms with E-state index in [0.29, 0.717) is 25.7 Å². The van der Waals surface area contributed by atoms with Crippen LogP contribution in [0.3, 0.4) is 0 Å². The van der Waals surface area contributed by atoms with Crippen molar-refractivity contribution >= 4 is 39.5 Å². The van der Waals surface area contributed by atoms with Crippen molar-refractivity contribution in [3.05, 3.63) is 0 Å². The Morgan fingerprint density at radius 2 is 0.474 bits per heavy atom. The van der Waals surface area contributed by atoms with Gasteiger partial charge in [-0.3, -0.25) is 37.3 Å². The molecule has 0 aliphatic rings. The molecule has 0 saturated carbocycles. The fourth-order valence-corrected chi connectivity index (χ4v) is 13.6. The predicted octanol–water partition coefficient (Wildman–Crippen LogP) is 23.3. The number of unbranched alkanes of at least 4 members (excludes halogenated alkanes) is 50. The van der Waals surface area contributed by atoms with Gasteiger partial charge in [0, 0.05) is 25.7 Å². The SMILES string of the molecule is CCCCCCCCCCCCCCCCCCCC(=O)O[C@H](COC(=O)CCCCCCCCCCCCCCCCCC)COP(=O)(O)OC[C@@H](O)COP(=O)(O)OC[C@@H](COC(=O)CCCCCCCCCCC(C)C)OC(=O)CCCCCCCCCCCCCCC. The van der Waals surface area contributed by atoms with Crippen LogP contribution < -0.4 is 0 Å². The van der Waals surface area contributed by atoms with Crippen molar-refractivity contribution in [2.75, 3.05) is 39.6 Å². The van der Waals surface area contributed by atoms with Crippen molar-refractivity contribution in [2.45, 2.75) is 432 Å². The fourth-order valence-electron chi connectivity index (χ4n) is 12.1. The molecule has 2 unspecified atom stereocenters. The summed E-state index contributed by atoms with van der Waals surface area (Å²) in [5.41, 5.74) is 0. The van der Waals surface area contributed by atoms with Gasteiger partial charge in [-0.05, 0) is 31.6 Å². The molecule has 5 atom stereocenters. The number of esters is 4. The van der Waals surface area contributed by atoms with E-state index in [1.807, 2.05) is 0 Å². The molecule has 0 bridgehead atoms. The number of ether oxygens (including phenoxy) is 4. The summed E-state index contributed by atoms with van der Waals surface area (Å²) in [4.78, 5) is 72.9. The van der Waals surface area contributed by atoms with E-state index in [1.165, 1.54) is 238 Å². The summed E-state index contributed by atoms with van der Waals surface area (Å²) in [7, 11) is -9.91. The average Bonchev–Trinajstić information content (AvgIpc) is 1.30. The minimum atomic E-state index is -4.96. The van der Waals surface area contributed by atoms with E-state index in [2.05, 4.69) is 34.6 Å². The molecular weight excluding hydrogens is 1270 g/mol. The van der Waals surface area contributed by atoms with E-state index in [-0.39, 0.29) is 25.7 Å². The summed E-state index contributed by atoms with van der Waals surface area (Å²) in [6, 6.07) is 0. The Hall–Kier alpha value is -1.94. The summed E-state index contributed by atoms with van der Waals surface area (Å²) >= 11 is 0. The maximum atomic E-state index is 13.1. The molecule has 3 N–H and O–H groups in total. The third-order valence-electron chi connectivity index (χ3n) is 18.3. The summed E-state index contributed by atoms with van der Waals surface area (Å²) in [5.74, 6) is -1.38. The van der Waals surface area contributed by atoms with Gasteiger partial charge in [0.2, 0.25) is 0 Å². The van der Waals surface area contributed by atoms with Crippen LogP contribution in [0.1, 0.15) is 413 Å². The lowest BCUT2D eigenvalue weighted by atomic mass is 10.0. The lowest BCUT2D eigenvalue weighted by molar-refractivity contribution is -0.161. The van der Waals surface area contributed by atoms with Crippen LogP contribution in [-0.2, 0) is 65.4 Å². The second-order valence-electron chi connectivity index (χ2n) is 28.6. The number of carbonyl (C=O) groups excluding carboxylic acids is 4. The minimum Gasteiger partial charge on any atom is -0.462 e. The highest BCUT2D eigenvalue weighted by Crippen LogP contribution is 2.45. The van der Waals surface area contributed by atoms with Gasteiger partial charge >= 0.3 is 39.5 Å². The fraction of sp³-hybridized carbons (Fsp3) is 0.949. The van der Waals surface area contributed by atoms with E-state index >= 15 is 0 Å². The average molecular weight is 1420 g/mol. The van der Waals surface area contributed by atoms with Gasteiger partial charge < -0.3 is 33.8 Å². The molecular formula is C78H152O17P2. The predicted molar refractivity (Wildman–Crippen MR) is 395 cm³/mol. The summed E-state index contributed by atoms with van der Waals surface area (Å²) in [6.45, 7) is 7.28. The van der Waals surface area contributed by atoms with Gasteiger partial charge in [-0.1, -0.05) is 362 Å². The highest BCUT2D eigenvalue weighted by Gasteiger charge is 2.30. The van der Waals surface area contributed by atoms with Crippen molar-refractivity contribution in [2.24, 2.45) is 5.92 Å². The van der Waals surface area contributed by atoms with E-state index in [9.17, 15) is 43.2 Å². The number of phosphoric ester groups is 2. The Morgan fingerprint density at radius 3 is 0.701 bits per heavy atom. The number of hydrogen-bond acceptors (Lipinski definition) is 15. The van der Waals surface area contributed by atoms with Crippen LogP contribution in [0.5, 0.6) is 0 Å². The van der Waals surface area contributed by atoms with Gasteiger partial charge in [0.05, 0.1) is 26.4 Å². The lowest BCUT2D eigenvalue weighted by Crippen LogP contribution is -2.30. The standard InChI is InChI=1S/C78H152O17P2/c1-6-9-12-15-18-21-24-27-29-31-33-36-39-42-49-54-59-64-78(83)94-73(67-88-75(80)61-56-51-46-40-37-35-32-30-28-25-22-19-16-13-10-7-2)69-92-96(84,85)90-65-72(79)66-91-97(86,87)93-70-74(68-89-76(81)62-57-52-47-44-43-45-50-55-60-71(4)5)95-77(82)63-58-53-48-41-38-34-26-23-20-17-14-11-8-3/h71-74,79H,6-70H2,1-5H3,(H,84,85)(H,86,87)/t72-,73-,74-/m1/s1. The zero-order valence-corrected chi connectivity index (χ0v) is 65.0. The van der Waals surface area contributed by atoms with Crippen LogP contribution in [0.4, 0.5) is 0 Å². The highest BCUT2D eigenvalue weighted by atomic mass is 31.2. The van der Waals surface area contributed by atoms with Gasteiger partial charge in [-0.25, -0.2) is 9.13 Å². The monoisotopic (exact) mass is 1420 g/mol. The first kappa shape index (κ1) is 95.1. The molecule has 0 amide bonds. The van der Waals surface area contributed by atoms with E-state index in [0.717, 1.165) is 95.8 Å². The zero-order chi connectivity index (χ0) is 71.2. The molecule has 0 aliphatic heterocycles. The van der Waals surface area contributed by atoms with Gasteiger partial charge in [-0.2, -0.15) is 0 Å². The molecule has 0 aromatic rings. The van der Waals surface area contributed by atoms with Gasteiger partial charge in [0.1, 0.15) is 19.3 Å². The topological polar surface area (TPSA) is 237 Å². The third-order valence-corrected chi connectivity index (χ3v) is 20.2. The normalized spacial score (nSPS) is 13.9. The van der Waals surface area contributed by atoms with Crippen LogP contribution in [-0.4, -0.2) is 96.7 Å². The van der Waals surface area contributed by atoms with Crippen LogP contribution >= 0.6 is 15.6 Å². The maximum absolute atomic E-state index is 13.1. The van der Waals surface area contributed by atoms with Gasteiger partial charge in [-0.15, -0.1) is 0 Å². The number of rotatable bonds is 78. The molecule has 0 aromatic carbocycles. The lowest BCUT2D eigenvalue weighted by Gasteiger charge is -2.21. The summed E-state index contributed by atoms with van der Waals surface area (Å²) < 4.78 is 68.6. The van der Waals surface area contributed by atoms with Crippen molar-refractivity contribution in [1.29, 1.82) is 0 Å². The maximum Gasteiger partial charge on any atom is 0.472 e. The molecule has 0 saturated heterocycles. The number of phosphoric acid groups is 2. The summed E-state index contributed by atoms with van der Waals surface area (Å²) in [6.07, 6.45) is 61.0. The Bertz CT molecular complexity index is 1860. The molecule has 17 nitrogen and oxygen atoms in total. The van der Waals surface area contributed by atoms with E-state index < -0.39 is 97.5 Å². The number of aliphatic hydroxyl groups is 1. The molecule has 0 fully saturated rings. The first-order valence-corrected chi connectivity index (χ1v) is 43.6. The number of hydrogen-bond donors (Lipinski definition) is 3. The second-order valence-corrected chi connectivity index (χ2v) is 31.5. The van der Waals surface area contributed by atoms with Crippen LogP contribution in [0.2, 0.25) is 0 Å². The van der Waals surface area contributed by atoms with Gasteiger partial charge in [0.15, 0.2) is 12.2 Å². The Balaban J connectivity index is 5.25. The Labute approximate surface area is 594 Å². The first-order chi connectivity index (χ1) is 47.0. The summed E-state index contributed by atoms with van der Waals surface area (Å²) in [5, 5.41) is 10.6. The largest absolute Gasteiger partial charge is 0.472 e. The van der Waals surface area contributed by atoms with Crippen molar-refractivity contribution in [3.63, 3.8) is 0 Å². The zero-order valence-electron chi connectivity index (χ0n) is 63.2. The van der Waals surface area contributed by atoms with Crippen LogP contribution in [0.15, 0.2) is 0 Å². The Kier molecular flexibility index (Phi) is 69.6. The third kappa shape index (κ3) is 72.2. The second kappa shape index (κ2) is 71.1. The van der Waals surface area contributed by atoms with Crippen molar-refractivity contribution in [3.8, 4) is 0 Å². The van der Waals surface area contributed by atoms with Gasteiger partial charge in [0.25, 0.3) is 0 Å². The van der Waals surface area contributed by atoms with E-state index in [4.69, 9.17) is 37.0 Å². The molecule has 576 valence electrons. The molecule has 0 aliphatic carbocycles. The van der Waals surface area contributed by atoms with Crippen LogP contribution in [0.25, 0.3) is 0 Å². The number of aliphatic hydroxyl groups excluding tert-OH is 1.